The number of esters is 1. The van der Waals surface area contributed by atoms with Gasteiger partial charge in [0.25, 0.3) is 5.91 Å². The van der Waals surface area contributed by atoms with Crippen LogP contribution < -0.4 is 5.32 Å². The van der Waals surface area contributed by atoms with E-state index in [2.05, 4.69) is 10.3 Å². The van der Waals surface area contributed by atoms with Gasteiger partial charge in [-0.2, -0.15) is 0 Å². The van der Waals surface area contributed by atoms with Crippen LogP contribution in [-0.4, -0.2) is 22.9 Å². The summed E-state index contributed by atoms with van der Waals surface area (Å²) in [5.41, 5.74) is 3.30. The van der Waals surface area contributed by atoms with Gasteiger partial charge >= 0.3 is 5.97 Å². The third-order valence-electron chi connectivity index (χ3n) is 5.03. The molecule has 5 heteroatoms. The molecule has 0 saturated heterocycles. The third-order valence-corrected chi connectivity index (χ3v) is 5.03. The highest BCUT2D eigenvalue weighted by Gasteiger charge is 2.32. The number of fused-ring (bicyclic) bond motifs is 1. The Balaban J connectivity index is 1.68. The molecule has 0 bridgehead atoms. The van der Waals surface area contributed by atoms with E-state index in [-0.39, 0.29) is 11.9 Å². The Labute approximate surface area is 163 Å². The highest BCUT2D eigenvalue weighted by molar-refractivity contribution is 5.99. The van der Waals surface area contributed by atoms with Gasteiger partial charge in [0.2, 0.25) is 6.10 Å². The molecule has 0 radical (unpaired) electrons. The molecule has 142 valence electrons. The minimum atomic E-state index is -0.987. The fourth-order valence-corrected chi connectivity index (χ4v) is 3.40. The molecule has 0 aliphatic heterocycles. The molecule has 1 unspecified atom stereocenters. The standard InChI is InChI=1S/C23H22N2O3/c1-14-18-10-6-7-11-19(18)24-15(2)20(14)23(27)28-21(16-8-4-3-5-9-16)22(26)25-17-12-13-17/h3-11,17,21H,12-13H2,1-2H3,(H,25,26). The Hall–Kier alpha value is -3.21. The summed E-state index contributed by atoms with van der Waals surface area (Å²) in [7, 11) is 0. The number of ether oxygens (including phenoxy) is 1. The van der Waals surface area contributed by atoms with Crippen molar-refractivity contribution in [2.75, 3.05) is 0 Å². The van der Waals surface area contributed by atoms with Crippen LogP contribution >= 0.6 is 0 Å². The predicted molar refractivity (Wildman–Crippen MR) is 107 cm³/mol. The number of amides is 1. The van der Waals surface area contributed by atoms with Crippen LogP contribution in [0, 0.1) is 13.8 Å². The lowest BCUT2D eigenvalue weighted by atomic mass is 10.0. The van der Waals surface area contributed by atoms with Crippen LogP contribution in [0.4, 0.5) is 0 Å². The number of benzene rings is 2. The largest absolute Gasteiger partial charge is 0.444 e. The Kier molecular flexibility index (Phi) is 4.82. The Bertz CT molecular complexity index is 1040. The minimum Gasteiger partial charge on any atom is -0.444 e. The summed E-state index contributed by atoms with van der Waals surface area (Å²) < 4.78 is 5.73. The first kappa shape index (κ1) is 18.2. The van der Waals surface area contributed by atoms with Gasteiger partial charge in [-0.1, -0.05) is 48.5 Å². The number of nitrogens with one attached hydrogen (secondary N) is 1. The zero-order valence-corrected chi connectivity index (χ0v) is 15.9. The quantitative estimate of drug-likeness (QED) is 0.685. The molecule has 1 amide bonds. The normalized spacial score (nSPS) is 14.5. The van der Waals surface area contributed by atoms with E-state index >= 15 is 0 Å². The van der Waals surface area contributed by atoms with E-state index in [1.54, 1.807) is 19.1 Å². The zero-order valence-electron chi connectivity index (χ0n) is 15.9. The molecule has 5 nitrogen and oxygen atoms in total. The summed E-state index contributed by atoms with van der Waals surface area (Å²) in [4.78, 5) is 30.4. The average molecular weight is 374 g/mol. The number of aryl methyl sites for hydroxylation is 2. The van der Waals surface area contributed by atoms with Crippen molar-refractivity contribution >= 4 is 22.8 Å². The van der Waals surface area contributed by atoms with E-state index in [0.29, 0.717) is 16.8 Å². The van der Waals surface area contributed by atoms with Crippen LogP contribution in [0.2, 0.25) is 0 Å². The smallest absolute Gasteiger partial charge is 0.341 e. The lowest BCUT2D eigenvalue weighted by molar-refractivity contribution is -0.130. The first-order valence-corrected chi connectivity index (χ1v) is 9.47. The maximum absolute atomic E-state index is 13.1. The summed E-state index contributed by atoms with van der Waals surface area (Å²) in [5.74, 6) is -0.820. The molecule has 3 aromatic rings. The Morgan fingerprint density at radius 3 is 2.43 bits per heavy atom. The first-order chi connectivity index (χ1) is 13.5. The van der Waals surface area contributed by atoms with Gasteiger partial charge in [-0.05, 0) is 38.3 Å². The predicted octanol–water partition coefficient (Wildman–Crippen LogP) is 4.03. The van der Waals surface area contributed by atoms with Crippen LogP contribution in [0.3, 0.4) is 0 Å². The molecule has 28 heavy (non-hydrogen) atoms. The van der Waals surface area contributed by atoms with Crippen LogP contribution in [-0.2, 0) is 9.53 Å². The molecule has 1 aliphatic rings. The van der Waals surface area contributed by atoms with Crippen molar-refractivity contribution in [2.24, 2.45) is 0 Å². The molecule has 1 saturated carbocycles. The van der Waals surface area contributed by atoms with E-state index in [9.17, 15) is 9.59 Å². The van der Waals surface area contributed by atoms with Crippen molar-refractivity contribution in [1.82, 2.24) is 10.3 Å². The molecule has 0 spiro atoms. The van der Waals surface area contributed by atoms with Gasteiger partial charge in [-0.15, -0.1) is 0 Å². The maximum atomic E-state index is 13.1. The molecular weight excluding hydrogens is 352 g/mol. The lowest BCUT2D eigenvalue weighted by Crippen LogP contribution is -2.33. The van der Waals surface area contributed by atoms with Gasteiger partial charge in [0.15, 0.2) is 0 Å². The number of hydrogen-bond acceptors (Lipinski definition) is 4. The summed E-state index contributed by atoms with van der Waals surface area (Å²) >= 11 is 0. The number of para-hydroxylation sites is 1. The number of nitrogens with zero attached hydrogens (tertiary/aromatic N) is 1. The highest BCUT2D eigenvalue weighted by Crippen LogP contribution is 2.27. The number of pyridine rings is 1. The fourth-order valence-electron chi connectivity index (χ4n) is 3.40. The van der Waals surface area contributed by atoms with Crippen LogP contribution in [0.1, 0.15) is 46.1 Å². The average Bonchev–Trinajstić information content (AvgIpc) is 3.50. The summed E-state index contributed by atoms with van der Waals surface area (Å²) in [6.07, 6.45) is 0.946. The molecule has 1 atom stereocenters. The number of aromatic nitrogens is 1. The van der Waals surface area contributed by atoms with E-state index in [1.165, 1.54) is 0 Å². The van der Waals surface area contributed by atoms with Crippen molar-refractivity contribution in [3.63, 3.8) is 0 Å². The molecule has 1 aromatic heterocycles. The Morgan fingerprint density at radius 1 is 1.04 bits per heavy atom. The minimum absolute atomic E-state index is 0.184. The van der Waals surface area contributed by atoms with E-state index in [0.717, 1.165) is 29.3 Å². The number of rotatable bonds is 5. The second-order valence-corrected chi connectivity index (χ2v) is 7.19. The van der Waals surface area contributed by atoms with Gasteiger partial charge in [-0.3, -0.25) is 9.78 Å². The molecular formula is C23H22N2O3. The van der Waals surface area contributed by atoms with Crippen molar-refractivity contribution in [1.29, 1.82) is 0 Å². The van der Waals surface area contributed by atoms with Gasteiger partial charge < -0.3 is 10.1 Å². The number of hydrogen-bond donors (Lipinski definition) is 1. The van der Waals surface area contributed by atoms with Crippen molar-refractivity contribution < 1.29 is 14.3 Å². The molecule has 1 heterocycles. The SMILES string of the molecule is Cc1nc2ccccc2c(C)c1C(=O)OC(C(=O)NC1CC1)c1ccccc1. The second kappa shape index (κ2) is 7.43. The van der Waals surface area contributed by atoms with Gasteiger partial charge in [0.1, 0.15) is 0 Å². The van der Waals surface area contributed by atoms with Crippen LogP contribution in [0.15, 0.2) is 54.6 Å². The molecule has 4 rings (SSSR count). The highest BCUT2D eigenvalue weighted by atomic mass is 16.5. The van der Waals surface area contributed by atoms with Crippen LogP contribution in [0.5, 0.6) is 0 Å². The van der Waals surface area contributed by atoms with E-state index in [4.69, 9.17) is 4.74 Å². The van der Waals surface area contributed by atoms with Gasteiger partial charge in [0, 0.05) is 17.0 Å². The van der Waals surface area contributed by atoms with Crippen molar-refractivity contribution in [3.05, 3.63) is 77.0 Å². The summed E-state index contributed by atoms with van der Waals surface area (Å²) in [5, 5.41) is 3.84. The molecule has 1 N–H and O–H groups in total. The fraction of sp³-hybridized carbons (Fsp3) is 0.261. The van der Waals surface area contributed by atoms with Gasteiger partial charge in [0.05, 0.1) is 16.8 Å². The van der Waals surface area contributed by atoms with Crippen LogP contribution in [0.25, 0.3) is 10.9 Å². The number of carbonyl (C=O) groups is 2. The number of carbonyl (C=O) groups excluding carboxylic acids is 2. The van der Waals surface area contributed by atoms with Crippen molar-refractivity contribution in [3.8, 4) is 0 Å². The maximum Gasteiger partial charge on any atom is 0.341 e. The molecule has 1 aliphatic carbocycles. The zero-order chi connectivity index (χ0) is 19.7. The van der Waals surface area contributed by atoms with E-state index < -0.39 is 12.1 Å². The third kappa shape index (κ3) is 3.60. The first-order valence-electron chi connectivity index (χ1n) is 9.47. The second-order valence-electron chi connectivity index (χ2n) is 7.19. The Morgan fingerprint density at radius 2 is 1.71 bits per heavy atom. The molecule has 1 fully saturated rings. The van der Waals surface area contributed by atoms with Gasteiger partial charge in [-0.25, -0.2) is 4.79 Å². The molecule has 2 aromatic carbocycles. The van der Waals surface area contributed by atoms with E-state index in [1.807, 2.05) is 49.4 Å². The summed E-state index contributed by atoms with van der Waals surface area (Å²) in [6.45, 7) is 3.67. The topological polar surface area (TPSA) is 68.3 Å². The lowest BCUT2D eigenvalue weighted by Gasteiger charge is -2.19. The summed E-state index contributed by atoms with van der Waals surface area (Å²) in [6, 6.07) is 17.0. The van der Waals surface area contributed by atoms with Crippen molar-refractivity contribution in [2.45, 2.75) is 38.8 Å². The monoisotopic (exact) mass is 374 g/mol.